The number of likely N-dealkylation sites (tertiary alicyclic amines) is 1. The zero-order valence-corrected chi connectivity index (χ0v) is 19.6. The Morgan fingerprint density at radius 1 is 1.17 bits per heavy atom. The summed E-state index contributed by atoms with van der Waals surface area (Å²) in [7, 11) is 0. The first-order valence-electron chi connectivity index (χ1n) is 11.6. The van der Waals surface area contributed by atoms with E-state index < -0.39 is 29.9 Å². The molecule has 0 spiro atoms. The molecule has 1 aliphatic heterocycles. The standard InChI is InChI=1S/C25H28N4O6/c1-13(2)21(25(34)35)28-23(31)18-12-15-14-6-3-4-7-16(14)27-22(15)17(26-18)9-10-20(30)29-11-5-8-19(29)24(32)33/h3-4,6-7,12-13,19,21,27H,5,8-11H2,1-2H3,(H,28,31)(H,32,33)(H,34,35)/t19-,21-/m0/s1. The summed E-state index contributed by atoms with van der Waals surface area (Å²) in [6, 6.07) is 7.28. The van der Waals surface area contributed by atoms with Gasteiger partial charge in [0.25, 0.3) is 5.91 Å². The molecule has 0 aliphatic carbocycles. The molecule has 0 radical (unpaired) electrons. The number of aliphatic carboxylic acids is 2. The highest BCUT2D eigenvalue weighted by Crippen LogP contribution is 2.29. The quantitative estimate of drug-likeness (QED) is 0.386. The molecule has 3 aromatic rings. The number of carboxylic acid groups (broad SMARTS) is 2. The van der Waals surface area contributed by atoms with Crippen molar-refractivity contribution in [1.82, 2.24) is 20.2 Å². The van der Waals surface area contributed by atoms with Gasteiger partial charge in [0.2, 0.25) is 5.91 Å². The second kappa shape index (κ2) is 9.73. The van der Waals surface area contributed by atoms with Gasteiger partial charge in [-0.25, -0.2) is 14.6 Å². The van der Waals surface area contributed by atoms with Crippen molar-refractivity contribution in [1.29, 1.82) is 0 Å². The minimum Gasteiger partial charge on any atom is -0.480 e. The van der Waals surface area contributed by atoms with Crippen molar-refractivity contribution in [3.8, 4) is 0 Å². The summed E-state index contributed by atoms with van der Waals surface area (Å²) in [4.78, 5) is 58.1. The highest BCUT2D eigenvalue weighted by molar-refractivity contribution is 6.10. The number of aromatic amines is 1. The van der Waals surface area contributed by atoms with Crippen LogP contribution in [-0.4, -0.2) is 67.5 Å². The first kappa shape index (κ1) is 24.2. The summed E-state index contributed by atoms with van der Waals surface area (Å²) in [5, 5.41) is 23.0. The minimum absolute atomic E-state index is 0.0378. The highest BCUT2D eigenvalue weighted by Gasteiger charge is 2.33. The van der Waals surface area contributed by atoms with E-state index in [1.807, 2.05) is 24.3 Å². The molecule has 2 amide bonds. The summed E-state index contributed by atoms with van der Waals surface area (Å²) < 4.78 is 0. The maximum absolute atomic E-state index is 13.0. The Hall–Kier alpha value is -3.95. The second-order valence-electron chi connectivity index (χ2n) is 9.16. The van der Waals surface area contributed by atoms with Crippen LogP contribution in [0.25, 0.3) is 21.8 Å². The third-order valence-corrected chi connectivity index (χ3v) is 6.46. The molecule has 0 saturated carbocycles. The number of aromatic nitrogens is 2. The molecular formula is C25H28N4O6. The molecule has 4 N–H and O–H groups in total. The number of benzene rings is 1. The molecule has 2 atom stereocenters. The number of rotatable bonds is 8. The van der Waals surface area contributed by atoms with E-state index in [1.165, 1.54) is 4.90 Å². The number of nitrogens with one attached hydrogen (secondary N) is 2. The molecule has 3 heterocycles. The molecule has 0 unspecified atom stereocenters. The molecule has 1 aromatic carbocycles. The number of pyridine rings is 1. The van der Waals surface area contributed by atoms with E-state index in [0.717, 1.165) is 16.3 Å². The number of H-pyrrole nitrogens is 1. The van der Waals surface area contributed by atoms with Gasteiger partial charge in [0.15, 0.2) is 0 Å². The maximum Gasteiger partial charge on any atom is 0.326 e. The summed E-state index contributed by atoms with van der Waals surface area (Å²) in [6.07, 6.45) is 1.31. The average Bonchev–Trinajstić information content (AvgIpc) is 3.45. The first-order chi connectivity index (χ1) is 16.7. The van der Waals surface area contributed by atoms with Crippen molar-refractivity contribution < 1.29 is 29.4 Å². The van der Waals surface area contributed by atoms with Gasteiger partial charge in [-0.2, -0.15) is 0 Å². The fourth-order valence-corrected chi connectivity index (χ4v) is 4.63. The molecule has 10 nitrogen and oxygen atoms in total. The molecule has 35 heavy (non-hydrogen) atoms. The number of carbonyl (C=O) groups excluding carboxylic acids is 2. The molecule has 1 fully saturated rings. The van der Waals surface area contributed by atoms with Crippen LogP contribution in [0.5, 0.6) is 0 Å². The average molecular weight is 481 g/mol. The number of hydrogen-bond donors (Lipinski definition) is 4. The van der Waals surface area contributed by atoms with E-state index in [4.69, 9.17) is 0 Å². The van der Waals surface area contributed by atoms with E-state index >= 15 is 0 Å². The highest BCUT2D eigenvalue weighted by atomic mass is 16.4. The SMILES string of the molecule is CC(C)[C@H](NC(=O)c1cc2c([nH]c3ccccc32)c(CCC(=O)N2CCC[C@H]2C(=O)O)n1)C(=O)O. The molecule has 1 saturated heterocycles. The van der Waals surface area contributed by atoms with Crippen LogP contribution in [0.1, 0.15) is 49.3 Å². The van der Waals surface area contributed by atoms with E-state index in [-0.39, 0.29) is 30.4 Å². The number of aryl methyl sites for hydroxylation is 1. The van der Waals surface area contributed by atoms with E-state index in [9.17, 15) is 29.4 Å². The number of carbonyl (C=O) groups is 4. The lowest BCUT2D eigenvalue weighted by molar-refractivity contribution is -0.148. The van der Waals surface area contributed by atoms with Crippen molar-refractivity contribution >= 4 is 45.6 Å². The lowest BCUT2D eigenvalue weighted by Crippen LogP contribution is -2.44. The van der Waals surface area contributed by atoms with Crippen LogP contribution in [0.15, 0.2) is 30.3 Å². The Balaban J connectivity index is 1.67. The zero-order valence-electron chi connectivity index (χ0n) is 19.6. The number of nitrogens with zero attached hydrogens (tertiary/aromatic N) is 2. The van der Waals surface area contributed by atoms with Crippen LogP contribution in [0, 0.1) is 5.92 Å². The first-order valence-corrected chi connectivity index (χ1v) is 11.6. The van der Waals surface area contributed by atoms with Gasteiger partial charge in [0, 0.05) is 35.7 Å². The van der Waals surface area contributed by atoms with Crippen molar-refractivity contribution in [2.24, 2.45) is 5.92 Å². The van der Waals surface area contributed by atoms with E-state index in [0.29, 0.717) is 30.6 Å². The fraction of sp³-hybridized carbons (Fsp3) is 0.400. The van der Waals surface area contributed by atoms with Crippen LogP contribution in [0.3, 0.4) is 0 Å². The van der Waals surface area contributed by atoms with Crippen LogP contribution >= 0.6 is 0 Å². The lowest BCUT2D eigenvalue weighted by Gasteiger charge is -2.21. The Morgan fingerprint density at radius 2 is 1.91 bits per heavy atom. The predicted octanol–water partition coefficient (Wildman–Crippen LogP) is 2.56. The largest absolute Gasteiger partial charge is 0.480 e. The number of para-hydroxylation sites is 1. The van der Waals surface area contributed by atoms with E-state index in [1.54, 1.807) is 19.9 Å². The Morgan fingerprint density at radius 3 is 2.60 bits per heavy atom. The van der Waals surface area contributed by atoms with Crippen molar-refractivity contribution in [3.63, 3.8) is 0 Å². The molecule has 0 bridgehead atoms. The molecule has 1 aliphatic rings. The predicted molar refractivity (Wildman–Crippen MR) is 128 cm³/mol. The summed E-state index contributed by atoms with van der Waals surface area (Å²) in [6.45, 7) is 3.81. The van der Waals surface area contributed by atoms with Crippen LogP contribution in [0.4, 0.5) is 0 Å². The Bertz CT molecular complexity index is 1310. The smallest absolute Gasteiger partial charge is 0.326 e. The summed E-state index contributed by atoms with van der Waals surface area (Å²) in [5.74, 6) is -3.36. The molecule has 2 aromatic heterocycles. The topological polar surface area (TPSA) is 153 Å². The summed E-state index contributed by atoms with van der Waals surface area (Å²) >= 11 is 0. The summed E-state index contributed by atoms with van der Waals surface area (Å²) in [5.41, 5.74) is 2.07. The van der Waals surface area contributed by atoms with Gasteiger partial charge >= 0.3 is 11.9 Å². The van der Waals surface area contributed by atoms with Crippen molar-refractivity contribution in [2.75, 3.05) is 6.54 Å². The monoisotopic (exact) mass is 480 g/mol. The van der Waals surface area contributed by atoms with E-state index in [2.05, 4.69) is 15.3 Å². The molecule has 10 heteroatoms. The third-order valence-electron chi connectivity index (χ3n) is 6.46. The number of carboxylic acids is 2. The normalized spacial score (nSPS) is 16.7. The van der Waals surface area contributed by atoms with Gasteiger partial charge in [0.05, 0.1) is 11.2 Å². The minimum atomic E-state index is -1.13. The molecular weight excluding hydrogens is 452 g/mol. The van der Waals surface area contributed by atoms with Gasteiger partial charge in [0.1, 0.15) is 17.8 Å². The van der Waals surface area contributed by atoms with Crippen LogP contribution < -0.4 is 5.32 Å². The van der Waals surface area contributed by atoms with Crippen LogP contribution in [0.2, 0.25) is 0 Å². The van der Waals surface area contributed by atoms with Gasteiger partial charge in [-0.15, -0.1) is 0 Å². The Kier molecular flexibility index (Phi) is 6.72. The maximum atomic E-state index is 13.0. The number of hydrogen-bond acceptors (Lipinski definition) is 5. The zero-order chi connectivity index (χ0) is 25.3. The van der Waals surface area contributed by atoms with Gasteiger partial charge in [-0.3, -0.25) is 9.59 Å². The third kappa shape index (κ3) is 4.82. The Labute approximate surface area is 201 Å². The van der Waals surface area contributed by atoms with Crippen LogP contribution in [-0.2, 0) is 20.8 Å². The number of amides is 2. The second-order valence-corrected chi connectivity index (χ2v) is 9.16. The van der Waals surface area contributed by atoms with Gasteiger partial charge in [-0.1, -0.05) is 32.0 Å². The van der Waals surface area contributed by atoms with Crippen molar-refractivity contribution in [2.45, 2.75) is 51.6 Å². The molecule has 184 valence electrons. The number of fused-ring (bicyclic) bond motifs is 3. The van der Waals surface area contributed by atoms with Gasteiger partial charge < -0.3 is 25.4 Å². The fourth-order valence-electron chi connectivity index (χ4n) is 4.63. The lowest BCUT2D eigenvalue weighted by atomic mass is 10.0. The molecule has 4 rings (SSSR count). The van der Waals surface area contributed by atoms with Crippen molar-refractivity contribution in [3.05, 3.63) is 41.7 Å². The van der Waals surface area contributed by atoms with Gasteiger partial charge in [-0.05, 0) is 30.9 Å².